The standard InChI is InChI=1S/C20H19N3O2.ClH/c1-4-25-15-6-7-17-16(10-15)20(14(11-21)12-22-17)23-18-9-13(2)5-8-19(18)24-3;/h5-10,12H,4H2,1-3H3,(H,22,23);1H. The van der Waals surface area contributed by atoms with Crippen LogP contribution in [0.1, 0.15) is 18.1 Å². The lowest BCUT2D eigenvalue weighted by atomic mass is 10.1. The molecule has 3 aromatic rings. The minimum atomic E-state index is 0. The summed E-state index contributed by atoms with van der Waals surface area (Å²) in [6.45, 7) is 4.52. The molecule has 1 aromatic heterocycles. The highest BCUT2D eigenvalue weighted by molar-refractivity contribution is 5.97. The predicted octanol–water partition coefficient (Wildman–Crippen LogP) is 4.99. The van der Waals surface area contributed by atoms with Gasteiger partial charge in [-0.1, -0.05) is 6.07 Å². The van der Waals surface area contributed by atoms with Crippen LogP contribution in [0, 0.1) is 18.3 Å². The van der Waals surface area contributed by atoms with E-state index in [0.717, 1.165) is 27.9 Å². The molecule has 134 valence electrons. The topological polar surface area (TPSA) is 67.2 Å². The molecule has 0 atom stereocenters. The maximum atomic E-state index is 9.52. The van der Waals surface area contributed by atoms with Gasteiger partial charge in [-0.2, -0.15) is 5.26 Å². The summed E-state index contributed by atoms with van der Waals surface area (Å²) in [5.41, 5.74) is 3.84. The van der Waals surface area contributed by atoms with Crippen LogP contribution in [0.3, 0.4) is 0 Å². The molecule has 1 N–H and O–H groups in total. The molecular weight excluding hydrogens is 350 g/mol. The summed E-state index contributed by atoms with van der Waals surface area (Å²) in [5, 5.41) is 13.7. The van der Waals surface area contributed by atoms with E-state index in [-0.39, 0.29) is 12.4 Å². The second kappa shape index (κ2) is 8.41. The van der Waals surface area contributed by atoms with Crippen molar-refractivity contribution in [1.29, 1.82) is 5.26 Å². The smallest absolute Gasteiger partial charge is 0.142 e. The van der Waals surface area contributed by atoms with Crippen molar-refractivity contribution in [2.75, 3.05) is 19.0 Å². The summed E-state index contributed by atoms with van der Waals surface area (Å²) < 4.78 is 11.0. The van der Waals surface area contributed by atoms with Crippen LogP contribution < -0.4 is 14.8 Å². The van der Waals surface area contributed by atoms with E-state index in [2.05, 4.69) is 16.4 Å². The minimum absolute atomic E-state index is 0. The number of halogens is 1. The zero-order chi connectivity index (χ0) is 17.8. The number of nitriles is 1. The number of aryl methyl sites for hydroxylation is 1. The lowest BCUT2D eigenvalue weighted by Gasteiger charge is -2.15. The van der Waals surface area contributed by atoms with Crippen LogP contribution in [-0.2, 0) is 0 Å². The molecule has 0 unspecified atom stereocenters. The Kier molecular flexibility index (Phi) is 6.26. The number of fused-ring (bicyclic) bond motifs is 1. The Morgan fingerprint density at radius 1 is 1.19 bits per heavy atom. The second-order valence-electron chi connectivity index (χ2n) is 5.60. The first kappa shape index (κ1) is 19.4. The van der Waals surface area contributed by atoms with Crippen molar-refractivity contribution in [2.45, 2.75) is 13.8 Å². The van der Waals surface area contributed by atoms with Crippen LogP contribution >= 0.6 is 12.4 Å². The van der Waals surface area contributed by atoms with Crippen LogP contribution in [0.25, 0.3) is 10.9 Å². The predicted molar refractivity (Wildman–Crippen MR) is 106 cm³/mol. The number of hydrogen-bond donors (Lipinski definition) is 1. The number of methoxy groups -OCH3 is 1. The number of nitrogens with zero attached hydrogens (tertiary/aromatic N) is 2. The van der Waals surface area contributed by atoms with E-state index < -0.39 is 0 Å². The molecule has 0 saturated carbocycles. The van der Waals surface area contributed by atoms with Gasteiger partial charge in [-0.05, 0) is 49.7 Å². The van der Waals surface area contributed by atoms with Crippen molar-refractivity contribution in [3.63, 3.8) is 0 Å². The Bertz CT molecular complexity index is 967. The monoisotopic (exact) mass is 369 g/mol. The zero-order valence-corrected chi connectivity index (χ0v) is 15.7. The van der Waals surface area contributed by atoms with Crippen LogP contribution in [0.4, 0.5) is 11.4 Å². The van der Waals surface area contributed by atoms with Gasteiger partial charge in [-0.3, -0.25) is 4.98 Å². The average Bonchev–Trinajstić information content (AvgIpc) is 2.62. The van der Waals surface area contributed by atoms with E-state index in [1.807, 2.05) is 50.2 Å². The van der Waals surface area contributed by atoms with E-state index in [1.54, 1.807) is 13.3 Å². The normalized spacial score (nSPS) is 9.92. The number of rotatable bonds is 5. The molecule has 1 heterocycles. The van der Waals surface area contributed by atoms with Crippen LogP contribution in [0.2, 0.25) is 0 Å². The zero-order valence-electron chi connectivity index (χ0n) is 14.9. The third kappa shape index (κ3) is 3.81. The van der Waals surface area contributed by atoms with Crippen molar-refractivity contribution in [1.82, 2.24) is 4.98 Å². The molecule has 0 aliphatic rings. The quantitative estimate of drug-likeness (QED) is 0.686. The number of nitrogens with one attached hydrogen (secondary N) is 1. The summed E-state index contributed by atoms with van der Waals surface area (Å²) in [6.07, 6.45) is 1.58. The Balaban J connectivity index is 0.00000243. The van der Waals surface area contributed by atoms with Gasteiger partial charge in [0.1, 0.15) is 17.6 Å². The Hall–Kier alpha value is -2.97. The maximum Gasteiger partial charge on any atom is 0.142 e. The Morgan fingerprint density at radius 3 is 2.69 bits per heavy atom. The summed E-state index contributed by atoms with van der Waals surface area (Å²) in [6, 6.07) is 13.7. The lowest BCUT2D eigenvalue weighted by Crippen LogP contribution is -2.00. The Morgan fingerprint density at radius 2 is 2.00 bits per heavy atom. The second-order valence-corrected chi connectivity index (χ2v) is 5.60. The largest absolute Gasteiger partial charge is 0.495 e. The van der Waals surface area contributed by atoms with Gasteiger partial charge in [-0.15, -0.1) is 12.4 Å². The van der Waals surface area contributed by atoms with Gasteiger partial charge < -0.3 is 14.8 Å². The number of benzene rings is 2. The van der Waals surface area contributed by atoms with E-state index in [9.17, 15) is 5.26 Å². The van der Waals surface area contributed by atoms with Crippen molar-refractivity contribution in [2.24, 2.45) is 0 Å². The number of pyridine rings is 1. The highest BCUT2D eigenvalue weighted by atomic mass is 35.5. The number of anilines is 2. The average molecular weight is 370 g/mol. The molecule has 6 heteroatoms. The first-order chi connectivity index (χ1) is 12.2. The minimum Gasteiger partial charge on any atom is -0.495 e. The molecule has 0 saturated heterocycles. The van der Waals surface area contributed by atoms with E-state index >= 15 is 0 Å². The molecular formula is C20H20ClN3O2. The van der Waals surface area contributed by atoms with Gasteiger partial charge in [0.15, 0.2) is 0 Å². The van der Waals surface area contributed by atoms with Gasteiger partial charge >= 0.3 is 0 Å². The molecule has 0 bridgehead atoms. The van der Waals surface area contributed by atoms with Crippen molar-refractivity contribution in [3.05, 3.63) is 53.7 Å². The fourth-order valence-corrected chi connectivity index (χ4v) is 2.70. The SMILES string of the molecule is CCOc1ccc2ncc(C#N)c(Nc3cc(C)ccc3OC)c2c1.Cl. The van der Waals surface area contributed by atoms with Gasteiger partial charge in [0, 0.05) is 11.6 Å². The van der Waals surface area contributed by atoms with Crippen LogP contribution in [0.15, 0.2) is 42.6 Å². The molecule has 5 nitrogen and oxygen atoms in total. The summed E-state index contributed by atoms with van der Waals surface area (Å²) in [4.78, 5) is 4.37. The Labute approximate surface area is 159 Å². The van der Waals surface area contributed by atoms with Crippen molar-refractivity contribution in [3.8, 4) is 17.6 Å². The number of aromatic nitrogens is 1. The van der Waals surface area contributed by atoms with Gasteiger partial charge in [-0.25, -0.2) is 0 Å². The first-order valence-electron chi connectivity index (χ1n) is 8.03. The number of ether oxygens (including phenoxy) is 2. The molecule has 0 radical (unpaired) electrons. The van der Waals surface area contributed by atoms with Gasteiger partial charge in [0.05, 0.1) is 36.2 Å². The fourth-order valence-electron chi connectivity index (χ4n) is 2.70. The van der Waals surface area contributed by atoms with Crippen molar-refractivity contribution < 1.29 is 9.47 Å². The highest BCUT2D eigenvalue weighted by Gasteiger charge is 2.13. The van der Waals surface area contributed by atoms with Gasteiger partial charge in [0.25, 0.3) is 0 Å². The van der Waals surface area contributed by atoms with Crippen molar-refractivity contribution >= 4 is 34.7 Å². The van der Waals surface area contributed by atoms with Crippen LogP contribution in [-0.4, -0.2) is 18.7 Å². The lowest BCUT2D eigenvalue weighted by molar-refractivity contribution is 0.340. The highest BCUT2D eigenvalue weighted by Crippen LogP contribution is 2.35. The molecule has 0 aliphatic carbocycles. The van der Waals surface area contributed by atoms with E-state index in [0.29, 0.717) is 23.6 Å². The van der Waals surface area contributed by atoms with Gasteiger partial charge in [0.2, 0.25) is 0 Å². The maximum absolute atomic E-state index is 9.52. The first-order valence-corrected chi connectivity index (χ1v) is 8.03. The van der Waals surface area contributed by atoms with E-state index in [4.69, 9.17) is 9.47 Å². The summed E-state index contributed by atoms with van der Waals surface area (Å²) in [5.74, 6) is 1.45. The molecule has 2 aromatic carbocycles. The fraction of sp³-hybridized carbons (Fsp3) is 0.200. The third-order valence-corrected chi connectivity index (χ3v) is 3.89. The number of hydrogen-bond acceptors (Lipinski definition) is 5. The molecule has 26 heavy (non-hydrogen) atoms. The summed E-state index contributed by atoms with van der Waals surface area (Å²) in [7, 11) is 1.62. The third-order valence-electron chi connectivity index (χ3n) is 3.89. The molecule has 0 fully saturated rings. The molecule has 0 aliphatic heterocycles. The van der Waals surface area contributed by atoms with E-state index in [1.165, 1.54) is 0 Å². The molecule has 0 spiro atoms. The molecule has 3 rings (SSSR count). The summed E-state index contributed by atoms with van der Waals surface area (Å²) >= 11 is 0. The van der Waals surface area contributed by atoms with Crippen LogP contribution in [0.5, 0.6) is 11.5 Å². The molecule has 0 amide bonds.